The zero-order valence-electron chi connectivity index (χ0n) is 15.2. The average molecular weight is 414 g/mol. The smallest absolute Gasteiger partial charge is 0.328 e. The van der Waals surface area contributed by atoms with Crippen molar-refractivity contribution >= 4 is 33.9 Å². The summed E-state index contributed by atoms with van der Waals surface area (Å²) >= 11 is 0. The number of carbonyl (C=O) groups is 2. The quantitative estimate of drug-likeness (QED) is 0.665. The summed E-state index contributed by atoms with van der Waals surface area (Å²) in [6.45, 7) is 0.250. The monoisotopic (exact) mass is 414 g/mol. The van der Waals surface area contributed by atoms with E-state index in [-0.39, 0.29) is 11.4 Å². The first-order chi connectivity index (χ1) is 13.8. The predicted molar refractivity (Wildman–Crippen MR) is 106 cm³/mol. The van der Waals surface area contributed by atoms with Crippen LogP contribution in [0.3, 0.4) is 0 Å². The maximum atomic E-state index is 13.0. The number of carboxylic acids is 2. The molecule has 8 nitrogen and oxygen atoms in total. The lowest BCUT2D eigenvalue weighted by atomic mass is 10.1. The van der Waals surface area contributed by atoms with E-state index in [0.29, 0.717) is 24.2 Å². The number of nitrogens with zero attached hydrogens (tertiary/aromatic N) is 2. The maximum Gasteiger partial charge on any atom is 0.328 e. The molecular formula is C20H18N2O6S. The fourth-order valence-electron chi connectivity index (χ4n) is 2.97. The molecule has 2 aromatic rings. The maximum absolute atomic E-state index is 13.0. The zero-order valence-corrected chi connectivity index (χ0v) is 16.0. The van der Waals surface area contributed by atoms with Crippen molar-refractivity contribution in [1.29, 1.82) is 0 Å². The van der Waals surface area contributed by atoms with Gasteiger partial charge in [0.2, 0.25) is 0 Å². The summed E-state index contributed by atoms with van der Waals surface area (Å²) in [6.07, 6.45) is 7.23. The largest absolute Gasteiger partial charge is 0.478 e. The summed E-state index contributed by atoms with van der Waals surface area (Å²) in [6, 6.07) is 7.99. The Labute approximate surface area is 167 Å². The van der Waals surface area contributed by atoms with E-state index < -0.39 is 22.0 Å². The molecule has 1 aliphatic heterocycles. The molecule has 2 N–H and O–H groups in total. The minimum Gasteiger partial charge on any atom is -0.478 e. The molecule has 150 valence electrons. The first kappa shape index (κ1) is 20.3. The lowest BCUT2D eigenvalue weighted by molar-refractivity contribution is -0.132. The molecule has 1 aromatic heterocycles. The van der Waals surface area contributed by atoms with Gasteiger partial charge in [-0.25, -0.2) is 27.3 Å². The molecule has 0 radical (unpaired) electrons. The Hall–Kier alpha value is -3.46. The Bertz CT molecular complexity index is 1100. The summed E-state index contributed by atoms with van der Waals surface area (Å²) in [5.74, 6) is -1.77. The Morgan fingerprint density at radius 3 is 2.45 bits per heavy atom. The fourth-order valence-corrected chi connectivity index (χ4v) is 4.43. The highest BCUT2D eigenvalue weighted by Crippen LogP contribution is 2.31. The van der Waals surface area contributed by atoms with Gasteiger partial charge in [0.05, 0.1) is 4.90 Å². The SMILES string of the molecule is O=C(O)/C=C/Cc1ccc(S(=O)(=O)N2CCc3cc(/C=C/C(=O)O)cnc32)cc1. The van der Waals surface area contributed by atoms with Crippen LogP contribution < -0.4 is 4.31 Å². The number of carboxylic acid groups (broad SMARTS) is 2. The second kappa shape index (κ2) is 8.27. The van der Waals surface area contributed by atoms with Crippen LogP contribution in [0.4, 0.5) is 5.82 Å². The Morgan fingerprint density at radius 2 is 1.79 bits per heavy atom. The van der Waals surface area contributed by atoms with Gasteiger partial charge in [-0.3, -0.25) is 0 Å². The van der Waals surface area contributed by atoms with Crippen molar-refractivity contribution < 1.29 is 28.2 Å². The minimum absolute atomic E-state index is 0.118. The number of sulfonamides is 1. The van der Waals surface area contributed by atoms with Crippen molar-refractivity contribution in [3.05, 3.63) is 71.4 Å². The molecule has 1 aromatic carbocycles. The number of hydrogen-bond donors (Lipinski definition) is 2. The highest BCUT2D eigenvalue weighted by molar-refractivity contribution is 7.92. The van der Waals surface area contributed by atoms with Gasteiger partial charge in [0.25, 0.3) is 10.0 Å². The number of rotatable bonds is 7. The molecule has 0 saturated carbocycles. The molecular weight excluding hydrogens is 396 g/mol. The Balaban J connectivity index is 1.81. The molecule has 0 bridgehead atoms. The molecule has 9 heteroatoms. The zero-order chi connectivity index (χ0) is 21.0. The first-order valence-corrected chi connectivity index (χ1v) is 10.1. The third-order valence-corrected chi connectivity index (χ3v) is 6.13. The van der Waals surface area contributed by atoms with Gasteiger partial charge in [-0.05, 0) is 53.8 Å². The van der Waals surface area contributed by atoms with E-state index in [1.54, 1.807) is 18.2 Å². The van der Waals surface area contributed by atoms with Gasteiger partial charge in [-0.1, -0.05) is 18.2 Å². The number of pyridine rings is 1. The van der Waals surface area contributed by atoms with Crippen LogP contribution in [-0.4, -0.2) is 42.1 Å². The molecule has 2 heterocycles. The second-order valence-corrected chi connectivity index (χ2v) is 8.20. The van der Waals surface area contributed by atoms with Crippen LogP contribution in [0.25, 0.3) is 6.08 Å². The van der Waals surface area contributed by atoms with E-state index in [1.807, 2.05) is 0 Å². The van der Waals surface area contributed by atoms with Crippen LogP contribution in [0.2, 0.25) is 0 Å². The number of benzene rings is 1. The van der Waals surface area contributed by atoms with Crippen LogP contribution in [-0.2, 0) is 32.5 Å². The number of aliphatic carboxylic acids is 2. The molecule has 1 aliphatic rings. The first-order valence-electron chi connectivity index (χ1n) is 8.68. The normalized spacial score (nSPS) is 13.9. The fraction of sp³-hybridized carbons (Fsp3) is 0.150. The van der Waals surface area contributed by atoms with E-state index >= 15 is 0 Å². The second-order valence-electron chi connectivity index (χ2n) is 6.34. The molecule has 0 atom stereocenters. The minimum atomic E-state index is -3.79. The molecule has 0 saturated heterocycles. The molecule has 29 heavy (non-hydrogen) atoms. The average Bonchev–Trinajstić information content (AvgIpc) is 3.10. The summed E-state index contributed by atoms with van der Waals surface area (Å²) < 4.78 is 27.3. The number of aromatic nitrogens is 1. The van der Waals surface area contributed by atoms with E-state index in [4.69, 9.17) is 10.2 Å². The number of anilines is 1. The van der Waals surface area contributed by atoms with Gasteiger partial charge in [0, 0.05) is 24.9 Å². The van der Waals surface area contributed by atoms with E-state index in [0.717, 1.165) is 23.3 Å². The molecule has 3 rings (SSSR count). The summed E-state index contributed by atoms with van der Waals surface area (Å²) in [5, 5.41) is 17.3. The van der Waals surface area contributed by atoms with E-state index in [2.05, 4.69) is 4.98 Å². The van der Waals surface area contributed by atoms with Gasteiger partial charge in [-0.15, -0.1) is 0 Å². The molecule has 0 unspecified atom stereocenters. The molecule has 0 fully saturated rings. The van der Waals surface area contributed by atoms with Gasteiger partial charge >= 0.3 is 11.9 Å². The van der Waals surface area contributed by atoms with Gasteiger partial charge in [0.15, 0.2) is 0 Å². The van der Waals surface area contributed by atoms with Crippen molar-refractivity contribution in [3.63, 3.8) is 0 Å². The van der Waals surface area contributed by atoms with E-state index in [1.165, 1.54) is 34.8 Å². The van der Waals surface area contributed by atoms with Crippen LogP contribution in [0.1, 0.15) is 16.7 Å². The summed E-state index contributed by atoms with van der Waals surface area (Å²) in [7, 11) is -3.79. The lowest BCUT2D eigenvalue weighted by Crippen LogP contribution is -2.29. The molecule has 0 amide bonds. The third kappa shape index (κ3) is 4.69. The number of allylic oxidation sites excluding steroid dienone is 1. The standard InChI is InChI=1S/C20H18N2O6S/c23-18(24)3-1-2-14-4-7-17(8-5-14)29(27,28)22-11-10-16-12-15(6-9-19(25)26)13-21-20(16)22/h1,3-9,12-13H,2,10-11H2,(H,23,24)(H,25,26)/b3-1+,9-6+. The van der Waals surface area contributed by atoms with Gasteiger partial charge in [-0.2, -0.15) is 0 Å². The van der Waals surface area contributed by atoms with Crippen LogP contribution in [0.15, 0.2) is 59.7 Å². The predicted octanol–water partition coefficient (Wildman–Crippen LogP) is 2.11. The van der Waals surface area contributed by atoms with Crippen LogP contribution >= 0.6 is 0 Å². The van der Waals surface area contributed by atoms with Crippen molar-refractivity contribution in [2.75, 3.05) is 10.8 Å². The van der Waals surface area contributed by atoms with Crippen molar-refractivity contribution in [1.82, 2.24) is 4.98 Å². The number of hydrogen-bond acceptors (Lipinski definition) is 5. The van der Waals surface area contributed by atoms with Gasteiger partial charge < -0.3 is 10.2 Å². The highest BCUT2D eigenvalue weighted by atomic mass is 32.2. The van der Waals surface area contributed by atoms with Crippen LogP contribution in [0, 0.1) is 0 Å². The Kier molecular flexibility index (Phi) is 5.79. The van der Waals surface area contributed by atoms with Crippen LogP contribution in [0.5, 0.6) is 0 Å². The van der Waals surface area contributed by atoms with Gasteiger partial charge in [0.1, 0.15) is 5.82 Å². The van der Waals surface area contributed by atoms with Crippen molar-refractivity contribution in [3.8, 4) is 0 Å². The highest BCUT2D eigenvalue weighted by Gasteiger charge is 2.32. The van der Waals surface area contributed by atoms with Crippen molar-refractivity contribution in [2.24, 2.45) is 0 Å². The lowest BCUT2D eigenvalue weighted by Gasteiger charge is -2.18. The topological polar surface area (TPSA) is 125 Å². The summed E-state index contributed by atoms with van der Waals surface area (Å²) in [5.41, 5.74) is 2.11. The molecule has 0 spiro atoms. The summed E-state index contributed by atoms with van der Waals surface area (Å²) in [4.78, 5) is 25.5. The van der Waals surface area contributed by atoms with E-state index in [9.17, 15) is 18.0 Å². The third-order valence-electron chi connectivity index (χ3n) is 4.33. The number of fused-ring (bicyclic) bond motifs is 1. The van der Waals surface area contributed by atoms with Crippen molar-refractivity contribution in [2.45, 2.75) is 17.7 Å². The molecule has 0 aliphatic carbocycles. The Morgan fingerprint density at radius 1 is 1.10 bits per heavy atom.